The van der Waals surface area contributed by atoms with E-state index in [1.807, 2.05) is 30.5 Å². The summed E-state index contributed by atoms with van der Waals surface area (Å²) in [6, 6.07) is 7.93. The first-order valence-corrected chi connectivity index (χ1v) is 6.83. The van der Waals surface area contributed by atoms with Crippen LogP contribution in [0.3, 0.4) is 0 Å². The number of hydrogen-bond donors (Lipinski definition) is 2. The Hall–Kier alpha value is -1.81. The van der Waals surface area contributed by atoms with Crippen LogP contribution in [0.1, 0.15) is 29.6 Å². The van der Waals surface area contributed by atoms with E-state index in [1.54, 1.807) is 0 Å². The van der Waals surface area contributed by atoms with E-state index in [9.17, 15) is 4.79 Å². The van der Waals surface area contributed by atoms with E-state index in [1.165, 1.54) is 0 Å². The number of hydrogen-bond acceptors (Lipinski definition) is 2. The van der Waals surface area contributed by atoms with Crippen molar-refractivity contribution < 1.29 is 9.53 Å². The number of benzene rings is 1. The van der Waals surface area contributed by atoms with Crippen LogP contribution in [0.2, 0.25) is 0 Å². The van der Waals surface area contributed by atoms with Crippen molar-refractivity contribution >= 4 is 16.8 Å². The van der Waals surface area contributed by atoms with Gasteiger partial charge in [-0.15, -0.1) is 0 Å². The third-order valence-corrected chi connectivity index (χ3v) is 4.24. The van der Waals surface area contributed by atoms with E-state index in [-0.39, 0.29) is 18.1 Å². The Morgan fingerprint density at radius 3 is 3.05 bits per heavy atom. The molecule has 1 aromatic carbocycles. The van der Waals surface area contributed by atoms with E-state index in [0.29, 0.717) is 11.7 Å². The molecule has 2 fully saturated rings. The van der Waals surface area contributed by atoms with E-state index < -0.39 is 0 Å². The van der Waals surface area contributed by atoms with Gasteiger partial charge in [0.2, 0.25) is 0 Å². The number of rotatable bonds is 2. The summed E-state index contributed by atoms with van der Waals surface area (Å²) in [4.78, 5) is 15.4. The molecule has 3 heterocycles. The monoisotopic (exact) mass is 256 g/mol. The summed E-state index contributed by atoms with van der Waals surface area (Å²) in [6.07, 6.45) is 5.65. The van der Waals surface area contributed by atoms with Crippen LogP contribution < -0.4 is 5.32 Å². The first kappa shape index (κ1) is 11.1. The topological polar surface area (TPSA) is 54.1 Å². The van der Waals surface area contributed by atoms with E-state index in [4.69, 9.17) is 4.74 Å². The van der Waals surface area contributed by atoms with Crippen LogP contribution in [0.5, 0.6) is 0 Å². The number of carbonyl (C=O) groups excluding carboxylic acids is 1. The van der Waals surface area contributed by atoms with Crippen LogP contribution in [0.4, 0.5) is 0 Å². The molecule has 0 radical (unpaired) electrons. The molecule has 2 aromatic rings. The minimum atomic E-state index is -0.00218. The predicted molar refractivity (Wildman–Crippen MR) is 72.1 cm³/mol. The summed E-state index contributed by atoms with van der Waals surface area (Å²) < 4.78 is 5.76. The van der Waals surface area contributed by atoms with Crippen LogP contribution in [0, 0.1) is 0 Å². The maximum atomic E-state index is 12.3. The Kier molecular flexibility index (Phi) is 2.38. The molecule has 2 aliphatic heterocycles. The lowest BCUT2D eigenvalue weighted by Gasteiger charge is -2.20. The van der Waals surface area contributed by atoms with Gasteiger partial charge in [-0.3, -0.25) is 4.79 Å². The highest BCUT2D eigenvalue weighted by molar-refractivity contribution is 5.98. The summed E-state index contributed by atoms with van der Waals surface area (Å²) >= 11 is 0. The van der Waals surface area contributed by atoms with Gasteiger partial charge in [0.1, 0.15) is 0 Å². The molecule has 4 heteroatoms. The van der Waals surface area contributed by atoms with Gasteiger partial charge < -0.3 is 15.0 Å². The largest absolute Gasteiger partial charge is 0.373 e. The van der Waals surface area contributed by atoms with Crippen molar-refractivity contribution in [3.05, 3.63) is 36.0 Å². The van der Waals surface area contributed by atoms with Gasteiger partial charge in [0.25, 0.3) is 5.91 Å². The summed E-state index contributed by atoms with van der Waals surface area (Å²) in [5.74, 6) is -0.00218. The number of ether oxygens (including phenoxy) is 1. The molecule has 2 bridgehead atoms. The average molecular weight is 256 g/mol. The first-order chi connectivity index (χ1) is 9.29. The fraction of sp³-hybridized carbons (Fsp3) is 0.400. The minimum Gasteiger partial charge on any atom is -0.373 e. The number of aromatic nitrogens is 1. The highest BCUT2D eigenvalue weighted by atomic mass is 16.5. The zero-order valence-electron chi connectivity index (χ0n) is 10.6. The van der Waals surface area contributed by atoms with Crippen molar-refractivity contribution in [1.82, 2.24) is 10.3 Å². The maximum absolute atomic E-state index is 12.3. The first-order valence-electron chi connectivity index (χ1n) is 6.83. The molecule has 1 amide bonds. The molecule has 3 unspecified atom stereocenters. The minimum absolute atomic E-state index is 0.00218. The summed E-state index contributed by atoms with van der Waals surface area (Å²) in [5.41, 5.74) is 1.70. The maximum Gasteiger partial charge on any atom is 0.251 e. The van der Waals surface area contributed by atoms with Crippen LogP contribution in [0.25, 0.3) is 10.9 Å². The second-order valence-corrected chi connectivity index (χ2v) is 5.47. The van der Waals surface area contributed by atoms with Crippen LogP contribution in [-0.4, -0.2) is 29.1 Å². The molecule has 0 spiro atoms. The number of H-pyrrole nitrogens is 1. The predicted octanol–water partition coefficient (Wildman–Crippen LogP) is 2.22. The van der Waals surface area contributed by atoms with Crippen molar-refractivity contribution in [3.63, 3.8) is 0 Å². The average Bonchev–Trinajstić information content (AvgIpc) is 3.13. The molecule has 19 heavy (non-hydrogen) atoms. The molecule has 2 aliphatic rings. The van der Waals surface area contributed by atoms with Crippen molar-refractivity contribution in [2.75, 3.05) is 0 Å². The van der Waals surface area contributed by atoms with E-state index >= 15 is 0 Å². The third kappa shape index (κ3) is 1.83. The molecule has 0 saturated carbocycles. The van der Waals surface area contributed by atoms with Gasteiger partial charge in [0.05, 0.1) is 18.2 Å². The molecule has 4 rings (SSSR count). The van der Waals surface area contributed by atoms with Gasteiger partial charge in [-0.2, -0.15) is 0 Å². The fourth-order valence-electron chi connectivity index (χ4n) is 3.23. The van der Waals surface area contributed by atoms with E-state index in [2.05, 4.69) is 10.3 Å². The van der Waals surface area contributed by atoms with Gasteiger partial charge >= 0.3 is 0 Å². The normalized spacial score (nSPS) is 28.9. The third-order valence-electron chi connectivity index (χ3n) is 4.24. The van der Waals surface area contributed by atoms with Gasteiger partial charge in [-0.1, -0.05) is 6.07 Å². The molecule has 2 saturated heterocycles. The van der Waals surface area contributed by atoms with E-state index in [0.717, 1.165) is 30.2 Å². The van der Waals surface area contributed by atoms with Crippen molar-refractivity contribution in [2.45, 2.75) is 37.5 Å². The molecule has 4 nitrogen and oxygen atoms in total. The number of carbonyl (C=O) groups is 1. The highest BCUT2D eigenvalue weighted by Crippen LogP contribution is 2.34. The molecule has 98 valence electrons. The highest BCUT2D eigenvalue weighted by Gasteiger charge is 2.41. The zero-order chi connectivity index (χ0) is 12.8. The number of nitrogens with one attached hydrogen (secondary N) is 2. The van der Waals surface area contributed by atoms with Crippen LogP contribution in [0.15, 0.2) is 30.5 Å². The smallest absolute Gasteiger partial charge is 0.251 e. The van der Waals surface area contributed by atoms with Crippen LogP contribution >= 0.6 is 0 Å². The van der Waals surface area contributed by atoms with Gasteiger partial charge in [-0.05, 0) is 42.8 Å². The number of amides is 1. The van der Waals surface area contributed by atoms with Gasteiger partial charge in [-0.25, -0.2) is 0 Å². The number of aromatic amines is 1. The van der Waals surface area contributed by atoms with Crippen molar-refractivity contribution in [1.29, 1.82) is 0 Å². The quantitative estimate of drug-likeness (QED) is 0.865. The van der Waals surface area contributed by atoms with Crippen LogP contribution in [-0.2, 0) is 4.74 Å². The van der Waals surface area contributed by atoms with Crippen molar-refractivity contribution in [3.8, 4) is 0 Å². The lowest BCUT2D eigenvalue weighted by atomic mass is 9.95. The summed E-state index contributed by atoms with van der Waals surface area (Å²) in [7, 11) is 0. The standard InChI is InChI=1S/C15H16N2O2/c18-15(17-13-8-11-3-4-14(13)19-11)10-2-1-9-5-6-16-12(9)7-10/h1-2,5-7,11,13-14,16H,3-4,8H2,(H,17,18). The number of fused-ring (bicyclic) bond motifs is 3. The molecule has 0 aliphatic carbocycles. The Morgan fingerprint density at radius 1 is 1.32 bits per heavy atom. The Balaban J connectivity index is 1.53. The molecular formula is C15H16N2O2. The van der Waals surface area contributed by atoms with Gasteiger partial charge in [0.15, 0.2) is 0 Å². The summed E-state index contributed by atoms with van der Waals surface area (Å²) in [5, 5.41) is 4.23. The zero-order valence-corrected chi connectivity index (χ0v) is 10.6. The lowest BCUT2D eigenvalue weighted by Crippen LogP contribution is -2.41. The Morgan fingerprint density at radius 2 is 2.26 bits per heavy atom. The molecule has 1 aromatic heterocycles. The SMILES string of the molecule is O=C(NC1CC2CCC1O2)c1ccc2cc[nH]c2c1. The Bertz CT molecular complexity index is 634. The fourth-order valence-corrected chi connectivity index (χ4v) is 3.23. The summed E-state index contributed by atoms with van der Waals surface area (Å²) in [6.45, 7) is 0. The van der Waals surface area contributed by atoms with Crippen molar-refractivity contribution in [2.24, 2.45) is 0 Å². The molecule has 3 atom stereocenters. The Labute approximate surface area is 111 Å². The second-order valence-electron chi connectivity index (χ2n) is 5.47. The molecular weight excluding hydrogens is 240 g/mol. The second kappa shape index (κ2) is 4.10. The van der Waals surface area contributed by atoms with Gasteiger partial charge in [0, 0.05) is 17.3 Å². The molecule has 2 N–H and O–H groups in total. The lowest BCUT2D eigenvalue weighted by molar-refractivity contribution is 0.0841.